The number of hydrogen-bond acceptors (Lipinski definition) is 3. The topological polar surface area (TPSA) is 55.4 Å². The third-order valence-electron chi connectivity index (χ3n) is 7.44. The second kappa shape index (κ2) is 6.94. The Morgan fingerprint density at radius 1 is 0.871 bits per heavy atom. The highest BCUT2D eigenvalue weighted by atomic mass is 32.2. The first-order valence-electron chi connectivity index (χ1n) is 11.0. The summed E-state index contributed by atoms with van der Waals surface area (Å²) in [4.78, 5) is 0.463. The Morgan fingerprint density at radius 3 is 2.39 bits per heavy atom. The molecule has 3 aromatic carbocycles. The first kappa shape index (κ1) is 19.1. The molecule has 0 amide bonds. The van der Waals surface area contributed by atoms with Crippen LogP contribution < -0.4 is 9.46 Å². The highest BCUT2D eigenvalue weighted by Gasteiger charge is 2.59. The number of benzene rings is 3. The van der Waals surface area contributed by atoms with Gasteiger partial charge in [0, 0.05) is 0 Å². The van der Waals surface area contributed by atoms with E-state index in [1.54, 1.807) is 6.07 Å². The van der Waals surface area contributed by atoms with Crippen LogP contribution in [0.2, 0.25) is 0 Å². The van der Waals surface area contributed by atoms with Gasteiger partial charge < -0.3 is 4.74 Å². The Morgan fingerprint density at radius 2 is 1.58 bits per heavy atom. The lowest BCUT2D eigenvalue weighted by Gasteiger charge is -2.35. The highest BCUT2D eigenvalue weighted by molar-refractivity contribution is 7.89. The molecule has 0 radical (unpaired) electrons. The van der Waals surface area contributed by atoms with Crippen LogP contribution in [-0.2, 0) is 35.0 Å². The van der Waals surface area contributed by atoms with Crippen molar-refractivity contribution in [2.75, 3.05) is 0 Å². The van der Waals surface area contributed by atoms with E-state index in [1.165, 1.54) is 11.1 Å². The van der Waals surface area contributed by atoms with Crippen molar-refractivity contribution in [3.05, 3.63) is 95.1 Å². The molecule has 1 N–H and O–H groups in total. The van der Waals surface area contributed by atoms with Crippen LogP contribution in [0.25, 0.3) is 0 Å². The van der Waals surface area contributed by atoms with Gasteiger partial charge in [-0.2, -0.15) is 4.72 Å². The van der Waals surface area contributed by atoms with Crippen LogP contribution in [0.5, 0.6) is 5.75 Å². The second-order valence-electron chi connectivity index (χ2n) is 9.05. The molecule has 1 aliphatic heterocycles. The Labute approximate surface area is 183 Å². The number of hydrogen-bond donors (Lipinski definition) is 1. The van der Waals surface area contributed by atoms with Crippen LogP contribution >= 0.6 is 0 Å². The molecule has 2 aliphatic carbocycles. The van der Waals surface area contributed by atoms with E-state index in [9.17, 15) is 8.42 Å². The predicted octanol–water partition coefficient (Wildman–Crippen LogP) is 4.58. The van der Waals surface area contributed by atoms with Crippen LogP contribution in [-0.4, -0.2) is 8.42 Å². The summed E-state index contributed by atoms with van der Waals surface area (Å²) < 4.78 is 35.2. The zero-order valence-electron chi connectivity index (χ0n) is 17.3. The smallest absolute Gasteiger partial charge is 0.241 e. The molecule has 5 heteroatoms. The van der Waals surface area contributed by atoms with Crippen molar-refractivity contribution in [3.8, 4) is 5.75 Å². The van der Waals surface area contributed by atoms with Crippen LogP contribution in [0.3, 0.4) is 0 Å². The van der Waals surface area contributed by atoms with Gasteiger partial charge in [-0.25, -0.2) is 8.42 Å². The molecule has 4 nitrogen and oxygen atoms in total. The fraction of sp³-hybridized carbons (Fsp3) is 0.308. The first-order valence-corrected chi connectivity index (χ1v) is 12.5. The van der Waals surface area contributed by atoms with Crippen LogP contribution in [0.1, 0.15) is 35.1 Å². The lowest BCUT2D eigenvalue weighted by atomic mass is 9.74. The summed E-state index contributed by atoms with van der Waals surface area (Å²) in [6.45, 7) is 0.544. The average molecular weight is 432 g/mol. The van der Waals surface area contributed by atoms with Crippen molar-refractivity contribution in [1.82, 2.24) is 4.72 Å². The summed E-state index contributed by atoms with van der Waals surface area (Å²) in [6, 6.07) is 24.1. The fourth-order valence-electron chi connectivity index (χ4n) is 6.05. The molecule has 3 atom stereocenters. The van der Waals surface area contributed by atoms with Crippen molar-refractivity contribution in [2.45, 2.75) is 42.7 Å². The van der Waals surface area contributed by atoms with Gasteiger partial charge in [-0.1, -0.05) is 54.6 Å². The average Bonchev–Trinajstić information content (AvgIpc) is 3.17. The van der Waals surface area contributed by atoms with Crippen LogP contribution in [0, 0.1) is 11.8 Å². The number of nitrogens with one attached hydrogen (secondary N) is 1. The maximum atomic E-state index is 13.0. The quantitative estimate of drug-likeness (QED) is 0.661. The molecule has 0 aromatic heterocycles. The molecule has 6 rings (SSSR count). The predicted molar refractivity (Wildman–Crippen MR) is 119 cm³/mol. The zero-order valence-corrected chi connectivity index (χ0v) is 18.1. The summed E-state index contributed by atoms with van der Waals surface area (Å²) in [5.74, 6) is 1.40. The monoisotopic (exact) mass is 431 g/mol. The standard InChI is InChI=1S/C26H25NO3S/c28-31(29)25-9-5-4-8-24(25)26(27-31)21-11-12-22(26)15-20-16-23(13-10-19(20)14-21)30-17-18-6-2-1-3-7-18/h1-10,13,16,21-22,27H,11-12,14-15,17H2/t21-,22+,26-/m1/s1. The Balaban J connectivity index is 1.34. The minimum absolute atomic E-state index is 0.251. The van der Waals surface area contributed by atoms with Gasteiger partial charge >= 0.3 is 0 Å². The SMILES string of the molecule is O=S1(=O)N[C@]2(c3ccccc31)[C@@H]1CC[C@H]2Cc2cc(OCc3ccccc3)ccc2C1. The minimum atomic E-state index is -3.47. The van der Waals surface area contributed by atoms with Crippen molar-refractivity contribution >= 4 is 10.0 Å². The van der Waals surface area contributed by atoms with E-state index in [0.717, 1.165) is 42.6 Å². The lowest BCUT2D eigenvalue weighted by molar-refractivity contribution is 0.232. The molecular weight excluding hydrogens is 406 g/mol. The van der Waals surface area contributed by atoms with Crippen molar-refractivity contribution < 1.29 is 13.2 Å². The van der Waals surface area contributed by atoms with E-state index in [2.05, 4.69) is 35.1 Å². The number of ether oxygens (including phenoxy) is 1. The molecule has 158 valence electrons. The summed E-state index contributed by atoms with van der Waals surface area (Å²) in [6.07, 6.45) is 3.84. The molecule has 3 aliphatic rings. The first-order chi connectivity index (χ1) is 15.1. The van der Waals surface area contributed by atoms with Crippen molar-refractivity contribution in [2.24, 2.45) is 11.8 Å². The van der Waals surface area contributed by atoms with Gasteiger partial charge in [-0.3, -0.25) is 0 Å². The molecular formula is C26H25NO3S. The molecule has 3 aromatic rings. The Hall–Kier alpha value is -2.63. The van der Waals surface area contributed by atoms with Crippen LogP contribution in [0.15, 0.2) is 77.7 Å². The highest BCUT2D eigenvalue weighted by Crippen LogP contribution is 2.57. The van der Waals surface area contributed by atoms with E-state index in [4.69, 9.17) is 4.74 Å². The molecule has 0 saturated heterocycles. The molecule has 1 heterocycles. The van der Waals surface area contributed by atoms with Gasteiger partial charge in [-0.05, 0) is 78.0 Å². The lowest BCUT2D eigenvalue weighted by Crippen LogP contribution is -2.47. The Kier molecular flexibility index (Phi) is 4.27. The molecule has 0 unspecified atom stereocenters. The van der Waals surface area contributed by atoms with Crippen LogP contribution in [0.4, 0.5) is 0 Å². The van der Waals surface area contributed by atoms with Gasteiger partial charge in [0.15, 0.2) is 0 Å². The molecule has 1 fully saturated rings. The third-order valence-corrected chi connectivity index (χ3v) is 8.98. The summed E-state index contributed by atoms with van der Waals surface area (Å²) in [7, 11) is -3.47. The number of sulfonamides is 1. The summed E-state index contributed by atoms with van der Waals surface area (Å²) in [5, 5.41) is 0. The molecule has 1 saturated carbocycles. The minimum Gasteiger partial charge on any atom is -0.489 e. The maximum Gasteiger partial charge on any atom is 0.241 e. The molecule has 31 heavy (non-hydrogen) atoms. The van der Waals surface area contributed by atoms with Gasteiger partial charge in [0.05, 0.1) is 10.4 Å². The van der Waals surface area contributed by atoms with E-state index >= 15 is 0 Å². The fourth-order valence-corrected chi connectivity index (χ4v) is 7.83. The van der Waals surface area contributed by atoms with E-state index in [-0.39, 0.29) is 11.8 Å². The largest absolute Gasteiger partial charge is 0.489 e. The normalized spacial score (nSPS) is 27.5. The molecule has 2 bridgehead atoms. The van der Waals surface area contributed by atoms with E-state index < -0.39 is 15.6 Å². The number of fused-ring (bicyclic) bond motifs is 2. The maximum absolute atomic E-state index is 13.0. The van der Waals surface area contributed by atoms with Gasteiger partial charge in [0.25, 0.3) is 0 Å². The van der Waals surface area contributed by atoms with Crippen molar-refractivity contribution in [3.63, 3.8) is 0 Å². The summed E-state index contributed by atoms with van der Waals surface area (Å²) >= 11 is 0. The van der Waals surface area contributed by atoms with Crippen molar-refractivity contribution in [1.29, 1.82) is 0 Å². The number of rotatable bonds is 3. The third kappa shape index (κ3) is 2.94. The summed E-state index contributed by atoms with van der Waals surface area (Å²) in [5.41, 5.74) is 4.24. The second-order valence-corrected chi connectivity index (χ2v) is 10.7. The zero-order chi connectivity index (χ0) is 21.1. The van der Waals surface area contributed by atoms with Gasteiger partial charge in [0.1, 0.15) is 12.4 Å². The van der Waals surface area contributed by atoms with E-state index in [0.29, 0.717) is 11.5 Å². The van der Waals surface area contributed by atoms with Gasteiger partial charge in [0.2, 0.25) is 10.0 Å². The molecule has 1 spiro atoms. The van der Waals surface area contributed by atoms with Gasteiger partial charge in [-0.15, -0.1) is 0 Å². The Bertz CT molecular complexity index is 1250. The van der Waals surface area contributed by atoms with E-state index in [1.807, 2.05) is 36.4 Å².